The van der Waals surface area contributed by atoms with Crippen molar-refractivity contribution in [1.82, 2.24) is 5.32 Å². The van der Waals surface area contributed by atoms with Crippen molar-refractivity contribution >= 4 is 24.1 Å². The summed E-state index contributed by atoms with van der Waals surface area (Å²) in [6.07, 6.45) is -0.451. The minimum atomic E-state index is -1.52. The molecule has 1 saturated carbocycles. The van der Waals surface area contributed by atoms with Crippen LogP contribution in [0.25, 0.3) is 0 Å². The third-order valence-corrected chi connectivity index (χ3v) is 5.65. The summed E-state index contributed by atoms with van der Waals surface area (Å²) >= 11 is 0. The van der Waals surface area contributed by atoms with E-state index in [1.807, 2.05) is 0 Å². The maximum atomic E-state index is 14.6. The van der Waals surface area contributed by atoms with Gasteiger partial charge in [0.15, 0.2) is 6.10 Å². The van der Waals surface area contributed by atoms with Crippen LogP contribution in [0.3, 0.4) is 0 Å². The van der Waals surface area contributed by atoms with Crippen LogP contribution in [0.5, 0.6) is 11.5 Å². The van der Waals surface area contributed by atoms with E-state index in [-0.39, 0.29) is 37.1 Å². The van der Waals surface area contributed by atoms with Crippen molar-refractivity contribution < 1.29 is 32.9 Å². The molecule has 0 aromatic heterocycles. The van der Waals surface area contributed by atoms with Crippen LogP contribution in [-0.4, -0.2) is 42.8 Å². The van der Waals surface area contributed by atoms with E-state index in [1.165, 1.54) is 7.11 Å². The molecule has 2 aromatic carbocycles. The zero-order chi connectivity index (χ0) is 24.8. The number of aliphatic hydroxyl groups is 1. The molecule has 0 radical (unpaired) electrons. The molecule has 192 valence electrons. The lowest BCUT2D eigenvalue weighted by Crippen LogP contribution is -2.32. The number of amidine groups is 1. The van der Waals surface area contributed by atoms with E-state index in [0.717, 1.165) is 18.6 Å². The first-order valence-corrected chi connectivity index (χ1v) is 11.0. The smallest absolute Gasteiger partial charge is 0.254 e. The molecule has 11 heteroatoms. The highest BCUT2D eigenvalue weighted by Gasteiger charge is 2.30. The molecular formula is C24H30ClF2N3O5. The number of nitrogens with one attached hydrogen (secondary N) is 2. The Labute approximate surface area is 208 Å². The third kappa shape index (κ3) is 6.81. The third-order valence-electron chi connectivity index (χ3n) is 5.65. The normalized spacial score (nSPS) is 17.9. The summed E-state index contributed by atoms with van der Waals surface area (Å²) < 4.78 is 45.4. The number of benzene rings is 2. The predicted octanol–water partition coefficient (Wildman–Crippen LogP) is 3.37. The van der Waals surface area contributed by atoms with E-state index in [2.05, 4.69) is 5.32 Å². The van der Waals surface area contributed by atoms with Crippen molar-refractivity contribution in [1.29, 1.82) is 5.41 Å². The van der Waals surface area contributed by atoms with Crippen LogP contribution >= 0.6 is 12.4 Å². The minimum absolute atomic E-state index is 0. The Balaban J connectivity index is 0.00000432. The number of amides is 1. The van der Waals surface area contributed by atoms with Gasteiger partial charge in [-0.1, -0.05) is 12.1 Å². The number of rotatable bonds is 10. The first-order valence-electron chi connectivity index (χ1n) is 11.0. The fourth-order valence-electron chi connectivity index (χ4n) is 3.85. The molecule has 35 heavy (non-hydrogen) atoms. The lowest BCUT2D eigenvalue weighted by Gasteiger charge is -2.22. The zero-order valence-corrected chi connectivity index (χ0v) is 20.3. The van der Waals surface area contributed by atoms with Gasteiger partial charge in [-0.2, -0.15) is 0 Å². The second-order valence-electron chi connectivity index (χ2n) is 7.95. The monoisotopic (exact) mass is 513 g/mol. The molecule has 0 spiro atoms. The molecule has 3 rings (SSSR count). The summed E-state index contributed by atoms with van der Waals surface area (Å²) in [6, 6.07) is 6.77. The largest absolute Gasteiger partial charge is 0.497 e. The van der Waals surface area contributed by atoms with Crippen LogP contribution in [0, 0.1) is 17.0 Å². The average molecular weight is 514 g/mol. The molecule has 2 aromatic rings. The molecule has 0 aliphatic heterocycles. The van der Waals surface area contributed by atoms with E-state index >= 15 is 0 Å². The van der Waals surface area contributed by atoms with Crippen molar-refractivity contribution in [3.05, 3.63) is 58.7 Å². The fourth-order valence-corrected chi connectivity index (χ4v) is 3.85. The molecule has 0 saturated heterocycles. The first kappa shape index (κ1) is 28.3. The maximum Gasteiger partial charge on any atom is 0.254 e. The summed E-state index contributed by atoms with van der Waals surface area (Å²) in [5, 5.41) is 20.4. The number of hydrogen-bond donors (Lipinski definition) is 4. The van der Waals surface area contributed by atoms with E-state index in [0.29, 0.717) is 29.7 Å². The topological polar surface area (TPSA) is 127 Å². The van der Waals surface area contributed by atoms with Gasteiger partial charge in [-0.25, -0.2) is 8.78 Å². The van der Waals surface area contributed by atoms with Crippen molar-refractivity contribution in [3.63, 3.8) is 0 Å². The average Bonchev–Trinajstić information content (AvgIpc) is 3.20. The Morgan fingerprint density at radius 3 is 2.49 bits per heavy atom. The quantitative estimate of drug-likeness (QED) is 0.285. The molecule has 1 fully saturated rings. The van der Waals surface area contributed by atoms with Gasteiger partial charge in [-0.3, -0.25) is 10.2 Å². The Kier molecular flexibility index (Phi) is 10.2. The molecule has 1 aliphatic rings. The van der Waals surface area contributed by atoms with Crippen molar-refractivity contribution in [2.75, 3.05) is 13.7 Å². The van der Waals surface area contributed by atoms with E-state index in [9.17, 15) is 18.7 Å². The van der Waals surface area contributed by atoms with Gasteiger partial charge in [0, 0.05) is 36.4 Å². The predicted molar refractivity (Wildman–Crippen MR) is 128 cm³/mol. The van der Waals surface area contributed by atoms with Crippen LogP contribution < -0.4 is 20.5 Å². The molecule has 3 atom stereocenters. The van der Waals surface area contributed by atoms with Gasteiger partial charge in [-0.05, 0) is 32.3 Å². The van der Waals surface area contributed by atoms with Crippen LogP contribution in [-0.2, 0) is 16.1 Å². The van der Waals surface area contributed by atoms with Gasteiger partial charge in [0.2, 0.25) is 0 Å². The summed E-state index contributed by atoms with van der Waals surface area (Å²) in [6.45, 7) is 1.61. The number of carbonyl (C=O) groups is 1. The van der Waals surface area contributed by atoms with E-state index in [4.69, 9.17) is 25.4 Å². The highest BCUT2D eigenvalue weighted by atomic mass is 35.5. The van der Waals surface area contributed by atoms with Crippen LogP contribution in [0.1, 0.15) is 49.0 Å². The van der Waals surface area contributed by atoms with E-state index < -0.39 is 41.4 Å². The number of aliphatic hydroxyl groups excluding tert-OH is 1. The molecular weight excluding hydrogens is 484 g/mol. The summed E-state index contributed by atoms with van der Waals surface area (Å²) in [7, 11) is 1.28. The zero-order valence-electron chi connectivity index (χ0n) is 19.5. The number of nitrogen functional groups attached to an aromatic ring is 1. The second-order valence-corrected chi connectivity index (χ2v) is 7.95. The molecule has 1 aliphatic carbocycles. The van der Waals surface area contributed by atoms with Crippen LogP contribution in [0.15, 0.2) is 30.3 Å². The SMILES string of the molecule is CCOC(C(=O)NCc1ccc(C(=N)N)cc1OC1CCC[C@@H]1O)c1c(F)cc(OC)cc1F.Cl. The minimum Gasteiger partial charge on any atom is -0.497 e. The standard InChI is InChI=1S/C24H29F2N3O5.ClH/c1-3-33-22(21-16(25)10-15(32-2)11-17(21)26)24(31)29-12-14-8-7-13(23(27)28)9-20(14)34-19-6-4-5-18(19)30;/h7-11,18-19,22,30H,3-6,12H2,1-2H3,(H3,27,28)(H,29,31);1H/t18-,19?,22?;/m0./s1. The van der Waals surface area contributed by atoms with Gasteiger partial charge < -0.3 is 30.4 Å². The van der Waals surface area contributed by atoms with Gasteiger partial charge in [-0.15, -0.1) is 12.4 Å². The maximum absolute atomic E-state index is 14.6. The second kappa shape index (κ2) is 12.7. The van der Waals surface area contributed by atoms with Crippen molar-refractivity contribution in [3.8, 4) is 11.5 Å². The molecule has 0 bridgehead atoms. The van der Waals surface area contributed by atoms with Crippen LogP contribution in [0.2, 0.25) is 0 Å². The molecule has 1 amide bonds. The van der Waals surface area contributed by atoms with Gasteiger partial charge in [0.05, 0.1) is 18.8 Å². The van der Waals surface area contributed by atoms with Crippen molar-refractivity contribution in [2.45, 2.75) is 51.0 Å². The lowest BCUT2D eigenvalue weighted by atomic mass is 10.1. The van der Waals surface area contributed by atoms with Crippen LogP contribution in [0.4, 0.5) is 8.78 Å². The van der Waals surface area contributed by atoms with Gasteiger partial charge >= 0.3 is 0 Å². The Morgan fingerprint density at radius 2 is 1.94 bits per heavy atom. The Morgan fingerprint density at radius 1 is 1.26 bits per heavy atom. The number of methoxy groups -OCH3 is 1. The molecule has 8 nitrogen and oxygen atoms in total. The summed E-state index contributed by atoms with van der Waals surface area (Å²) in [5.74, 6) is -2.49. The number of hydrogen-bond acceptors (Lipinski definition) is 6. The highest BCUT2D eigenvalue weighted by molar-refractivity contribution is 5.95. The first-order chi connectivity index (χ1) is 16.2. The Hall–Kier alpha value is -2.95. The number of nitrogens with two attached hydrogens (primary N) is 1. The number of ether oxygens (including phenoxy) is 3. The Bertz CT molecular complexity index is 1030. The summed E-state index contributed by atoms with van der Waals surface area (Å²) in [4.78, 5) is 12.9. The molecule has 0 heterocycles. The van der Waals surface area contributed by atoms with Gasteiger partial charge in [0.1, 0.15) is 35.1 Å². The summed E-state index contributed by atoms with van der Waals surface area (Å²) in [5.41, 5.74) is 6.04. The lowest BCUT2D eigenvalue weighted by molar-refractivity contribution is -0.133. The van der Waals surface area contributed by atoms with E-state index in [1.54, 1.807) is 25.1 Å². The van der Waals surface area contributed by atoms with Gasteiger partial charge in [0.25, 0.3) is 5.91 Å². The highest BCUT2D eigenvalue weighted by Crippen LogP contribution is 2.30. The van der Waals surface area contributed by atoms with Crippen molar-refractivity contribution in [2.24, 2.45) is 5.73 Å². The number of halogens is 3. The molecule has 2 unspecified atom stereocenters. The fraction of sp³-hybridized carbons (Fsp3) is 0.417. The number of carbonyl (C=O) groups excluding carboxylic acids is 1. The molecule has 5 N–H and O–H groups in total.